The first-order valence-electron chi connectivity index (χ1n) is 8.92. The fourth-order valence-corrected chi connectivity index (χ4v) is 3.71. The number of benzene rings is 1. The number of hydrogen-bond acceptors (Lipinski definition) is 5. The zero-order valence-electron chi connectivity index (χ0n) is 15.6. The van der Waals surface area contributed by atoms with Gasteiger partial charge in [0.1, 0.15) is 17.4 Å². The number of rotatable bonds is 6. The Morgan fingerprint density at radius 1 is 1.32 bits per heavy atom. The largest absolute Gasteiger partial charge is 0.496 e. The molecule has 1 aliphatic heterocycles. The number of likely N-dealkylation sites (tertiary alicyclic amines) is 1. The first kappa shape index (κ1) is 17.9. The molecule has 0 aliphatic carbocycles. The van der Waals surface area contributed by atoms with Crippen LogP contribution in [0.4, 0.5) is 0 Å². The van der Waals surface area contributed by atoms with Gasteiger partial charge < -0.3 is 9.84 Å². The van der Waals surface area contributed by atoms with Crippen molar-refractivity contribution in [2.45, 2.75) is 52.3 Å². The Balaban J connectivity index is 1.71. The Bertz CT molecular complexity index is 728. The number of ether oxygens (including phenoxy) is 1. The van der Waals surface area contributed by atoms with Gasteiger partial charge in [-0.2, -0.15) is 5.10 Å². The van der Waals surface area contributed by atoms with Gasteiger partial charge in [0.25, 0.3) is 0 Å². The number of methoxy groups -OCH3 is 1. The maximum Gasteiger partial charge on any atom is 0.147 e. The minimum absolute atomic E-state index is 0.380. The fourth-order valence-electron chi connectivity index (χ4n) is 3.71. The second-order valence-corrected chi connectivity index (χ2v) is 6.94. The van der Waals surface area contributed by atoms with Gasteiger partial charge in [-0.15, -0.1) is 0 Å². The number of aryl methyl sites for hydroxylation is 3. The van der Waals surface area contributed by atoms with E-state index in [-0.39, 0.29) is 0 Å². The third kappa shape index (κ3) is 4.02. The van der Waals surface area contributed by atoms with Gasteiger partial charge in [-0.3, -0.25) is 4.90 Å². The molecule has 0 amide bonds. The van der Waals surface area contributed by atoms with Crippen LogP contribution < -0.4 is 4.74 Å². The molecule has 1 aliphatic rings. The molecular formula is C19H28N4O2. The van der Waals surface area contributed by atoms with Gasteiger partial charge in [-0.25, -0.2) is 9.67 Å². The molecule has 3 rings (SSSR count). The third-order valence-corrected chi connectivity index (χ3v) is 5.00. The van der Waals surface area contributed by atoms with E-state index in [1.54, 1.807) is 7.11 Å². The maximum absolute atomic E-state index is 10.8. The number of β-amino-alcohol motifs (C(OH)–C–C–N with tert-alkyl or cyclic N) is 1. The van der Waals surface area contributed by atoms with E-state index in [2.05, 4.69) is 15.0 Å². The van der Waals surface area contributed by atoms with Gasteiger partial charge in [-0.1, -0.05) is 11.6 Å². The molecule has 1 aromatic heterocycles. The third-order valence-electron chi connectivity index (χ3n) is 5.00. The van der Waals surface area contributed by atoms with E-state index >= 15 is 0 Å². The minimum Gasteiger partial charge on any atom is -0.496 e. The standard InChI is InChI=1S/C19H28N4O2/c1-13-7-8-19(25-4)17(10-13)18(24)12-22-9-5-6-16(22)11-23-15(3)20-14(2)21-23/h7-8,10,16,18,24H,5-6,9,11-12H2,1-4H3/t16-,18-/m0/s1. The highest BCUT2D eigenvalue weighted by Crippen LogP contribution is 2.29. The van der Waals surface area contributed by atoms with Gasteiger partial charge in [0.15, 0.2) is 0 Å². The molecule has 2 aromatic rings. The molecule has 6 nitrogen and oxygen atoms in total. The van der Waals surface area contributed by atoms with E-state index in [1.165, 1.54) is 0 Å². The van der Waals surface area contributed by atoms with Crippen LogP contribution in [0, 0.1) is 20.8 Å². The van der Waals surface area contributed by atoms with E-state index in [1.807, 2.05) is 43.7 Å². The van der Waals surface area contributed by atoms with Crippen molar-refractivity contribution in [3.8, 4) is 5.75 Å². The zero-order valence-corrected chi connectivity index (χ0v) is 15.6. The lowest BCUT2D eigenvalue weighted by Gasteiger charge is -2.27. The van der Waals surface area contributed by atoms with Crippen LogP contribution in [0.5, 0.6) is 5.75 Å². The Hall–Kier alpha value is -1.92. The van der Waals surface area contributed by atoms with E-state index in [4.69, 9.17) is 4.74 Å². The molecule has 1 N–H and O–H groups in total. The molecule has 1 saturated heterocycles. The summed E-state index contributed by atoms with van der Waals surface area (Å²) in [5.74, 6) is 2.51. The van der Waals surface area contributed by atoms with E-state index in [9.17, 15) is 5.11 Å². The van der Waals surface area contributed by atoms with E-state index < -0.39 is 6.10 Å². The van der Waals surface area contributed by atoms with Gasteiger partial charge in [0.05, 0.1) is 19.8 Å². The number of hydrogen-bond donors (Lipinski definition) is 1. The van der Waals surface area contributed by atoms with Crippen LogP contribution in [0.1, 0.15) is 41.7 Å². The Labute approximate surface area is 149 Å². The van der Waals surface area contributed by atoms with Crippen LogP contribution in [-0.2, 0) is 6.54 Å². The average molecular weight is 344 g/mol. The minimum atomic E-state index is -0.561. The second-order valence-electron chi connectivity index (χ2n) is 6.94. The van der Waals surface area contributed by atoms with Crippen molar-refractivity contribution >= 4 is 0 Å². The van der Waals surface area contributed by atoms with Crippen molar-refractivity contribution in [3.05, 3.63) is 41.0 Å². The van der Waals surface area contributed by atoms with E-state index in [0.717, 1.165) is 54.5 Å². The molecule has 0 radical (unpaired) electrons. The SMILES string of the molecule is COc1ccc(C)cc1[C@@H](O)CN1CCC[C@H]1Cn1nc(C)nc1C. The molecule has 0 bridgehead atoms. The van der Waals surface area contributed by atoms with Crippen molar-refractivity contribution < 1.29 is 9.84 Å². The van der Waals surface area contributed by atoms with Crippen LogP contribution >= 0.6 is 0 Å². The quantitative estimate of drug-likeness (QED) is 0.872. The molecule has 0 spiro atoms. The van der Waals surface area contributed by atoms with Crippen LogP contribution in [0.25, 0.3) is 0 Å². The highest BCUT2D eigenvalue weighted by Gasteiger charge is 2.28. The first-order chi connectivity index (χ1) is 12.0. The lowest BCUT2D eigenvalue weighted by molar-refractivity contribution is 0.0981. The summed E-state index contributed by atoms with van der Waals surface area (Å²) in [6.07, 6.45) is 1.71. The summed E-state index contributed by atoms with van der Waals surface area (Å²) in [6, 6.07) is 6.32. The van der Waals surface area contributed by atoms with Gasteiger partial charge in [0.2, 0.25) is 0 Å². The highest BCUT2D eigenvalue weighted by molar-refractivity contribution is 5.38. The van der Waals surface area contributed by atoms with Crippen LogP contribution in [0.3, 0.4) is 0 Å². The second kappa shape index (κ2) is 7.54. The summed E-state index contributed by atoms with van der Waals surface area (Å²) in [5.41, 5.74) is 1.99. The molecule has 1 aromatic carbocycles. The van der Waals surface area contributed by atoms with Crippen molar-refractivity contribution in [2.75, 3.05) is 20.2 Å². The Kier molecular flexibility index (Phi) is 5.39. The van der Waals surface area contributed by atoms with Crippen LogP contribution in [0.15, 0.2) is 18.2 Å². The lowest BCUT2D eigenvalue weighted by atomic mass is 10.0. The molecule has 0 unspecified atom stereocenters. The van der Waals surface area contributed by atoms with Crippen molar-refractivity contribution in [1.82, 2.24) is 19.7 Å². The highest BCUT2D eigenvalue weighted by atomic mass is 16.5. The zero-order chi connectivity index (χ0) is 18.0. The van der Waals surface area contributed by atoms with E-state index in [0.29, 0.717) is 12.6 Å². The Morgan fingerprint density at radius 2 is 2.12 bits per heavy atom. The molecule has 136 valence electrons. The molecular weight excluding hydrogens is 316 g/mol. The molecule has 6 heteroatoms. The molecule has 0 saturated carbocycles. The smallest absolute Gasteiger partial charge is 0.147 e. The summed E-state index contributed by atoms with van der Waals surface area (Å²) < 4.78 is 7.41. The normalized spacial score (nSPS) is 19.3. The van der Waals surface area contributed by atoms with Gasteiger partial charge in [-0.05, 0) is 52.3 Å². The first-order valence-corrected chi connectivity index (χ1v) is 8.92. The summed E-state index contributed by atoms with van der Waals surface area (Å²) in [6.45, 7) is 8.38. The number of aromatic nitrogens is 3. The summed E-state index contributed by atoms with van der Waals surface area (Å²) >= 11 is 0. The van der Waals surface area contributed by atoms with Crippen LogP contribution in [0.2, 0.25) is 0 Å². The monoisotopic (exact) mass is 344 g/mol. The van der Waals surface area contributed by atoms with Gasteiger partial charge >= 0.3 is 0 Å². The Morgan fingerprint density at radius 3 is 2.80 bits per heavy atom. The summed E-state index contributed by atoms with van der Waals surface area (Å²) in [7, 11) is 1.65. The van der Waals surface area contributed by atoms with Crippen LogP contribution in [-0.4, -0.2) is 51.0 Å². The predicted octanol–water partition coefficient (Wildman–Crippen LogP) is 2.41. The topological polar surface area (TPSA) is 63.4 Å². The van der Waals surface area contributed by atoms with Gasteiger partial charge in [0, 0.05) is 18.2 Å². The van der Waals surface area contributed by atoms with Crippen molar-refractivity contribution in [3.63, 3.8) is 0 Å². The lowest BCUT2D eigenvalue weighted by Crippen LogP contribution is -2.36. The average Bonchev–Trinajstić information content (AvgIpc) is 3.13. The predicted molar refractivity (Wildman–Crippen MR) is 96.8 cm³/mol. The number of aliphatic hydroxyl groups is 1. The molecule has 1 fully saturated rings. The van der Waals surface area contributed by atoms with Crippen molar-refractivity contribution in [2.24, 2.45) is 0 Å². The molecule has 2 atom stereocenters. The fraction of sp³-hybridized carbons (Fsp3) is 0.579. The number of aliphatic hydroxyl groups excluding tert-OH is 1. The summed E-state index contributed by atoms with van der Waals surface area (Å²) in [5, 5.41) is 15.3. The number of nitrogens with zero attached hydrogens (tertiary/aromatic N) is 4. The summed E-state index contributed by atoms with van der Waals surface area (Å²) in [4.78, 5) is 6.75. The van der Waals surface area contributed by atoms with Crippen molar-refractivity contribution in [1.29, 1.82) is 0 Å². The molecule has 25 heavy (non-hydrogen) atoms. The molecule has 2 heterocycles. The maximum atomic E-state index is 10.8.